The molecule has 2 N–H and O–H groups in total. The largest absolute Gasteiger partial charge is 0.472 e. The van der Waals surface area contributed by atoms with E-state index in [4.69, 9.17) is 13.8 Å². The van der Waals surface area contributed by atoms with Crippen molar-refractivity contribution >= 4 is 19.7 Å². The van der Waals surface area contributed by atoms with Gasteiger partial charge < -0.3 is 19.4 Å². The summed E-state index contributed by atoms with van der Waals surface area (Å²) in [6, 6.07) is -0.868. The predicted octanol–water partition coefficient (Wildman–Crippen LogP) is 22.8. The van der Waals surface area contributed by atoms with Crippen molar-refractivity contribution < 1.29 is 37.3 Å². The Hall–Kier alpha value is -3.85. The molecule has 0 radical (unpaired) electrons. The van der Waals surface area contributed by atoms with Crippen LogP contribution in [0.15, 0.2) is 134 Å². The number of allylic oxidation sites excluding steroid dienone is 21. The Bertz CT molecular complexity index is 1950. The van der Waals surface area contributed by atoms with Gasteiger partial charge in [-0.05, 0) is 122 Å². The number of quaternary nitrogens is 1. The molecule has 0 bridgehead atoms. The lowest BCUT2D eigenvalue weighted by atomic mass is 10.0. The fraction of sp³-hybridized carbons (Fsp3) is 0.688. The zero-order valence-corrected chi connectivity index (χ0v) is 57.9. The second-order valence-electron chi connectivity index (χ2n) is 24.6. The molecule has 0 heterocycles. The minimum absolute atomic E-state index is 0.0302. The number of phosphoric ester groups is 1. The molecule has 0 fully saturated rings. The van der Waals surface area contributed by atoms with Gasteiger partial charge >= 0.3 is 13.8 Å². The summed E-state index contributed by atoms with van der Waals surface area (Å²) < 4.78 is 30.8. The van der Waals surface area contributed by atoms with Gasteiger partial charge in [-0.15, -0.1) is 0 Å². The summed E-state index contributed by atoms with van der Waals surface area (Å²) in [5, 5.41) is 3.06. The Morgan fingerprint density at radius 1 is 0.414 bits per heavy atom. The number of rotatable bonds is 63. The van der Waals surface area contributed by atoms with E-state index >= 15 is 0 Å². The number of nitrogens with one attached hydrogen (secondary N) is 1. The fourth-order valence-electron chi connectivity index (χ4n) is 9.70. The molecule has 10 heteroatoms. The van der Waals surface area contributed by atoms with Crippen LogP contribution in [0.25, 0.3) is 0 Å². The molecule has 3 unspecified atom stereocenters. The van der Waals surface area contributed by atoms with Crippen molar-refractivity contribution in [1.29, 1.82) is 0 Å². The molecule has 9 nitrogen and oxygen atoms in total. The second-order valence-corrected chi connectivity index (χ2v) is 26.1. The van der Waals surface area contributed by atoms with Crippen molar-refractivity contribution in [2.75, 3.05) is 40.9 Å². The lowest BCUT2D eigenvalue weighted by molar-refractivity contribution is -0.870. The number of amides is 1. The fourth-order valence-corrected chi connectivity index (χ4v) is 10.4. The second kappa shape index (κ2) is 65.1. The van der Waals surface area contributed by atoms with Crippen LogP contribution in [0.2, 0.25) is 0 Å². The molecule has 0 rings (SSSR count). The molecule has 0 spiro atoms. The third kappa shape index (κ3) is 66.4. The summed E-state index contributed by atoms with van der Waals surface area (Å²) in [4.78, 5) is 37.9. The zero-order chi connectivity index (χ0) is 63.5. The number of esters is 1. The Morgan fingerprint density at radius 2 is 0.736 bits per heavy atom. The molecule has 0 aromatic heterocycles. The molecule has 1 amide bonds. The van der Waals surface area contributed by atoms with Gasteiger partial charge in [0.1, 0.15) is 19.3 Å². The number of nitrogens with zero attached hydrogens (tertiary/aromatic N) is 1. The van der Waals surface area contributed by atoms with Crippen molar-refractivity contribution in [1.82, 2.24) is 5.32 Å². The monoisotopic (exact) mass is 1230 g/mol. The average Bonchev–Trinajstić information content (AvgIpc) is 3.70. The predicted molar refractivity (Wildman–Crippen MR) is 378 cm³/mol. The third-order valence-corrected chi connectivity index (χ3v) is 16.1. The normalized spacial score (nSPS) is 14.3. The van der Waals surface area contributed by atoms with E-state index in [1.54, 1.807) is 0 Å². The highest BCUT2D eigenvalue weighted by atomic mass is 31.2. The maximum atomic E-state index is 13.6. The minimum Gasteiger partial charge on any atom is -0.456 e. The first-order valence-corrected chi connectivity index (χ1v) is 37.0. The Morgan fingerprint density at radius 3 is 1.10 bits per heavy atom. The highest BCUT2D eigenvalue weighted by Crippen LogP contribution is 2.43. The van der Waals surface area contributed by atoms with Gasteiger partial charge in [-0.2, -0.15) is 0 Å². The smallest absolute Gasteiger partial charge is 0.456 e. The van der Waals surface area contributed by atoms with Gasteiger partial charge in [-0.25, -0.2) is 4.57 Å². The van der Waals surface area contributed by atoms with Gasteiger partial charge in [0.05, 0.1) is 33.8 Å². The van der Waals surface area contributed by atoms with E-state index in [2.05, 4.69) is 148 Å². The molecule has 0 saturated heterocycles. The van der Waals surface area contributed by atoms with Crippen LogP contribution >= 0.6 is 7.82 Å². The standard InChI is InChI=1S/C77H133N2O7P/c1-7-10-13-16-19-22-25-28-30-32-34-36-38-39-41-42-44-46-48-51-54-57-60-63-66-69-76(80)78-74(73-85-87(82,83)84-72-71-79(4,5)6)75(68-65-62-59-56-53-50-27-24-21-18-15-12-9-3)86-77(81)70-67-64-61-58-55-52-49-47-45-43-40-37-35-33-31-29-26-23-20-17-14-11-8-2/h10-11,13-14,19-20,22-23,28-31,34-37,39,41,43,45,65,68,74-75H,7-9,12,15-18,21,24-27,32-33,38,40,42,44,46-64,66-67,69-73H2,1-6H3,(H-,78,80,82,83)/p+1/b13-10-,14-11-,22-19-,23-20-,30-28-,31-29-,36-34-,37-35-,41-39-,45-43-,68-65+. The summed E-state index contributed by atoms with van der Waals surface area (Å²) in [6.07, 6.45) is 93.1. The zero-order valence-electron chi connectivity index (χ0n) is 57.0. The number of carbonyl (C=O) groups is 2. The molecule has 0 aromatic carbocycles. The number of likely N-dealkylation sites (N-methyl/N-ethyl adjacent to an activating group) is 1. The Balaban J connectivity index is 5.17. The van der Waals surface area contributed by atoms with Gasteiger partial charge in [0.15, 0.2) is 0 Å². The van der Waals surface area contributed by atoms with Gasteiger partial charge in [-0.3, -0.25) is 18.6 Å². The van der Waals surface area contributed by atoms with Crippen LogP contribution in [0, 0.1) is 0 Å². The molecule has 0 saturated carbocycles. The van der Waals surface area contributed by atoms with E-state index in [9.17, 15) is 19.0 Å². The highest BCUT2D eigenvalue weighted by molar-refractivity contribution is 7.47. The van der Waals surface area contributed by atoms with Gasteiger partial charge in [-0.1, -0.05) is 290 Å². The van der Waals surface area contributed by atoms with E-state index in [-0.39, 0.29) is 31.5 Å². The minimum atomic E-state index is -4.47. The first kappa shape index (κ1) is 83.2. The summed E-state index contributed by atoms with van der Waals surface area (Å²) in [6.45, 7) is 6.78. The molecular weight excluding hydrogens is 1100 g/mol. The van der Waals surface area contributed by atoms with E-state index in [0.717, 1.165) is 148 Å². The van der Waals surface area contributed by atoms with E-state index in [1.807, 2.05) is 33.3 Å². The van der Waals surface area contributed by atoms with Crippen LogP contribution in [0.1, 0.15) is 290 Å². The summed E-state index contributed by atoms with van der Waals surface area (Å²) in [5.41, 5.74) is 0. The van der Waals surface area contributed by atoms with Gasteiger partial charge in [0, 0.05) is 12.8 Å². The first-order valence-electron chi connectivity index (χ1n) is 35.5. The molecule has 3 atom stereocenters. The van der Waals surface area contributed by atoms with Crippen molar-refractivity contribution in [2.45, 2.75) is 303 Å². The number of phosphoric acid groups is 1. The lowest BCUT2D eigenvalue weighted by Gasteiger charge is -2.27. The molecular formula is C77H134N2O7P+. The maximum Gasteiger partial charge on any atom is 0.472 e. The van der Waals surface area contributed by atoms with E-state index in [0.29, 0.717) is 17.4 Å². The van der Waals surface area contributed by atoms with Crippen molar-refractivity contribution in [3.63, 3.8) is 0 Å². The van der Waals surface area contributed by atoms with E-state index in [1.165, 1.54) is 109 Å². The lowest BCUT2D eigenvalue weighted by Crippen LogP contribution is -2.47. The van der Waals surface area contributed by atoms with Crippen LogP contribution in [0.3, 0.4) is 0 Å². The van der Waals surface area contributed by atoms with Crippen LogP contribution in [-0.2, 0) is 27.9 Å². The molecule has 0 aliphatic rings. The summed E-state index contributed by atoms with van der Waals surface area (Å²) in [7, 11) is 1.47. The van der Waals surface area contributed by atoms with Gasteiger partial charge in [0.2, 0.25) is 5.91 Å². The maximum absolute atomic E-state index is 13.6. The number of ether oxygens (including phenoxy) is 1. The third-order valence-electron chi connectivity index (χ3n) is 15.1. The summed E-state index contributed by atoms with van der Waals surface area (Å²) >= 11 is 0. The molecule has 0 aromatic rings. The van der Waals surface area contributed by atoms with Crippen molar-refractivity contribution in [3.8, 4) is 0 Å². The SMILES string of the molecule is CC/C=C\C/C=C\C/C=C\C/C=C\C/C=C\CCCCCCCCCCCC(=O)NC(COP(=O)(O)OCC[N+](C)(C)C)C(/C=C/CCCCCCCCCCCCC)OC(=O)CCCCCCCCC/C=C\C/C=C\C/C=C\C/C=C\C/C=C\CC. The molecule has 87 heavy (non-hydrogen) atoms. The number of carbonyl (C=O) groups excluding carboxylic acids is 2. The van der Waals surface area contributed by atoms with Crippen LogP contribution in [0.5, 0.6) is 0 Å². The van der Waals surface area contributed by atoms with Gasteiger partial charge in [0.25, 0.3) is 0 Å². The number of unbranched alkanes of at least 4 members (excludes halogenated alkanes) is 27. The van der Waals surface area contributed by atoms with E-state index < -0.39 is 20.0 Å². The summed E-state index contributed by atoms with van der Waals surface area (Å²) in [5.74, 6) is -0.528. The first-order chi connectivity index (χ1) is 42.4. The quantitative estimate of drug-likeness (QED) is 0.0205. The number of hydrogen-bond acceptors (Lipinski definition) is 6. The number of hydrogen-bond donors (Lipinski definition) is 2. The Labute approximate surface area is 536 Å². The molecule has 0 aliphatic heterocycles. The highest BCUT2D eigenvalue weighted by Gasteiger charge is 2.30. The topological polar surface area (TPSA) is 111 Å². The van der Waals surface area contributed by atoms with Crippen LogP contribution in [0.4, 0.5) is 0 Å². The van der Waals surface area contributed by atoms with Crippen LogP contribution < -0.4 is 5.32 Å². The molecule has 498 valence electrons. The average molecular weight is 1230 g/mol. The van der Waals surface area contributed by atoms with Crippen molar-refractivity contribution in [3.05, 3.63) is 134 Å². The van der Waals surface area contributed by atoms with Crippen molar-refractivity contribution in [2.24, 2.45) is 0 Å². The Kier molecular flexibility index (Phi) is 62.2. The molecule has 0 aliphatic carbocycles. The van der Waals surface area contributed by atoms with Crippen LogP contribution in [-0.4, -0.2) is 74.3 Å².